The van der Waals surface area contributed by atoms with Gasteiger partial charge in [0, 0.05) is 80.4 Å². The van der Waals surface area contributed by atoms with Crippen LogP contribution in [0.5, 0.6) is 0 Å². The van der Waals surface area contributed by atoms with Crippen molar-refractivity contribution in [3.05, 3.63) is 77.1 Å². The number of aryl methyl sites for hydroxylation is 2. The number of carbonyl (C=O) groups is 1. The van der Waals surface area contributed by atoms with Crippen molar-refractivity contribution in [2.75, 3.05) is 23.3 Å². The van der Waals surface area contributed by atoms with Crippen LogP contribution in [0.1, 0.15) is 34.5 Å². The fraction of sp³-hybridized carbons (Fsp3) is 0.269. The van der Waals surface area contributed by atoms with Crippen molar-refractivity contribution in [2.24, 2.45) is 12.8 Å². The molecular weight excluding hydrogens is 509 g/mol. The van der Waals surface area contributed by atoms with E-state index in [1.54, 1.807) is 46.9 Å². The predicted molar refractivity (Wildman–Crippen MR) is 145 cm³/mol. The minimum atomic E-state index is -0.483. The van der Waals surface area contributed by atoms with E-state index < -0.39 is 5.82 Å². The number of carbonyl (C=O) groups excluding carboxylic acids is 1. The highest BCUT2D eigenvalue weighted by Gasteiger charge is 2.21. The highest BCUT2D eigenvalue weighted by Crippen LogP contribution is 2.31. The van der Waals surface area contributed by atoms with Crippen LogP contribution >= 0.6 is 11.6 Å². The highest BCUT2D eigenvalue weighted by molar-refractivity contribution is 6.28. The lowest BCUT2D eigenvalue weighted by molar-refractivity contribution is 0.102. The zero-order chi connectivity index (χ0) is 26.8. The Morgan fingerprint density at radius 2 is 1.89 bits per heavy atom. The SMILES string of the molecule is Cc1cn2cc(NC(=O)c3ccc(N4CCCC4)c4cn(C)nc34)cc(F)c2n1.NCc1cnc(Cl)nc1. The topological polar surface area (TPSA) is 119 Å². The Morgan fingerprint density at radius 3 is 2.61 bits per heavy atom. The molecule has 0 bridgehead atoms. The van der Waals surface area contributed by atoms with E-state index in [1.165, 1.54) is 18.9 Å². The number of hydrogen-bond donors (Lipinski definition) is 2. The molecule has 5 aromatic rings. The van der Waals surface area contributed by atoms with E-state index in [0.29, 0.717) is 29.0 Å². The number of halogens is 2. The first-order valence-electron chi connectivity index (χ1n) is 12.2. The molecule has 0 atom stereocenters. The molecule has 3 N–H and O–H groups in total. The lowest BCUT2D eigenvalue weighted by Gasteiger charge is -2.19. The van der Waals surface area contributed by atoms with Crippen LogP contribution in [0, 0.1) is 12.7 Å². The third-order valence-electron chi connectivity index (χ3n) is 6.25. The smallest absolute Gasteiger partial charge is 0.257 e. The summed E-state index contributed by atoms with van der Waals surface area (Å²) in [6, 6.07) is 5.07. The molecule has 196 valence electrons. The fourth-order valence-corrected chi connectivity index (χ4v) is 4.61. The van der Waals surface area contributed by atoms with Crippen LogP contribution in [0.2, 0.25) is 5.28 Å². The van der Waals surface area contributed by atoms with E-state index in [2.05, 4.69) is 30.3 Å². The summed E-state index contributed by atoms with van der Waals surface area (Å²) in [5.74, 6) is -0.805. The first-order chi connectivity index (χ1) is 18.3. The van der Waals surface area contributed by atoms with Crippen LogP contribution in [-0.2, 0) is 13.6 Å². The predicted octanol–water partition coefficient (Wildman–Crippen LogP) is 4.11. The molecule has 1 fully saturated rings. The Hall–Kier alpha value is -4.09. The van der Waals surface area contributed by atoms with Crippen molar-refractivity contribution in [3.63, 3.8) is 0 Å². The van der Waals surface area contributed by atoms with Crippen molar-refractivity contribution >= 4 is 45.4 Å². The Bertz CT molecular complexity index is 1610. The first kappa shape index (κ1) is 25.6. The van der Waals surface area contributed by atoms with Gasteiger partial charge in [-0.15, -0.1) is 0 Å². The summed E-state index contributed by atoms with van der Waals surface area (Å²) in [4.78, 5) is 26.9. The summed E-state index contributed by atoms with van der Waals surface area (Å²) in [6.45, 7) is 4.28. The maximum absolute atomic E-state index is 14.3. The van der Waals surface area contributed by atoms with Crippen LogP contribution in [0.25, 0.3) is 16.6 Å². The van der Waals surface area contributed by atoms with Crippen LogP contribution < -0.4 is 16.0 Å². The van der Waals surface area contributed by atoms with Crippen molar-refractivity contribution in [1.29, 1.82) is 0 Å². The lowest BCUT2D eigenvalue weighted by atomic mass is 10.1. The summed E-state index contributed by atoms with van der Waals surface area (Å²) >= 11 is 5.41. The number of nitrogens with zero attached hydrogens (tertiary/aromatic N) is 7. The number of benzene rings is 1. The maximum Gasteiger partial charge on any atom is 0.257 e. The van der Waals surface area contributed by atoms with Crippen molar-refractivity contribution in [1.82, 2.24) is 29.1 Å². The monoisotopic (exact) mass is 535 g/mol. The van der Waals surface area contributed by atoms with Crippen molar-refractivity contribution in [3.8, 4) is 0 Å². The number of pyridine rings is 1. The molecule has 1 saturated heterocycles. The average molecular weight is 536 g/mol. The third-order valence-corrected chi connectivity index (χ3v) is 6.45. The first-order valence-corrected chi connectivity index (χ1v) is 12.5. The van der Waals surface area contributed by atoms with Gasteiger partial charge in [-0.25, -0.2) is 19.3 Å². The minimum absolute atomic E-state index is 0.239. The molecule has 1 amide bonds. The largest absolute Gasteiger partial charge is 0.371 e. The molecule has 1 aliphatic heterocycles. The van der Waals surface area contributed by atoms with E-state index in [1.807, 2.05) is 19.3 Å². The molecule has 4 aromatic heterocycles. The molecule has 12 heteroatoms. The van der Waals surface area contributed by atoms with Gasteiger partial charge >= 0.3 is 0 Å². The maximum atomic E-state index is 14.3. The number of imidazole rings is 1. The molecule has 0 radical (unpaired) electrons. The number of fused-ring (bicyclic) bond motifs is 2. The van der Waals surface area contributed by atoms with Crippen LogP contribution in [0.3, 0.4) is 0 Å². The van der Waals surface area contributed by atoms with Gasteiger partial charge < -0.3 is 20.4 Å². The number of amides is 1. The highest BCUT2D eigenvalue weighted by atomic mass is 35.5. The molecule has 5 heterocycles. The van der Waals surface area contributed by atoms with E-state index >= 15 is 0 Å². The van der Waals surface area contributed by atoms with Gasteiger partial charge in [-0.1, -0.05) is 0 Å². The summed E-state index contributed by atoms with van der Waals surface area (Å²) in [7, 11) is 1.85. The van der Waals surface area contributed by atoms with Crippen LogP contribution in [0.4, 0.5) is 15.8 Å². The number of nitrogens with one attached hydrogen (secondary N) is 1. The molecule has 1 aromatic carbocycles. The third kappa shape index (κ3) is 5.29. The van der Waals surface area contributed by atoms with Gasteiger partial charge in [-0.2, -0.15) is 5.10 Å². The summed E-state index contributed by atoms with van der Waals surface area (Å²) in [5, 5.41) is 8.53. The van der Waals surface area contributed by atoms with E-state index in [9.17, 15) is 9.18 Å². The van der Waals surface area contributed by atoms with E-state index in [4.69, 9.17) is 17.3 Å². The molecule has 38 heavy (non-hydrogen) atoms. The molecule has 0 aliphatic carbocycles. The van der Waals surface area contributed by atoms with Crippen molar-refractivity contribution in [2.45, 2.75) is 26.3 Å². The number of aromatic nitrogens is 6. The average Bonchev–Trinajstić information content (AvgIpc) is 3.64. The summed E-state index contributed by atoms with van der Waals surface area (Å²) < 4.78 is 17.6. The van der Waals surface area contributed by atoms with Gasteiger partial charge in [-0.3, -0.25) is 9.48 Å². The van der Waals surface area contributed by atoms with E-state index in [0.717, 1.165) is 29.7 Å². The van der Waals surface area contributed by atoms with Gasteiger partial charge in [0.1, 0.15) is 5.52 Å². The second kappa shape index (κ2) is 10.7. The number of hydrogen-bond acceptors (Lipinski definition) is 7. The zero-order valence-corrected chi connectivity index (χ0v) is 21.8. The Labute approximate surface area is 223 Å². The normalized spacial score (nSPS) is 13.1. The van der Waals surface area contributed by atoms with Crippen LogP contribution in [-0.4, -0.2) is 48.1 Å². The van der Waals surface area contributed by atoms with Gasteiger partial charge in [0.25, 0.3) is 5.91 Å². The molecule has 0 saturated carbocycles. The second-order valence-corrected chi connectivity index (χ2v) is 9.44. The number of rotatable bonds is 4. The quantitative estimate of drug-likeness (QED) is 0.332. The standard InChI is InChI=1S/C21H21FN6O.C5H6ClN3/c1-13-10-28-11-14(9-17(22)20(28)23-13)24-21(29)15-5-6-18(27-7-3-4-8-27)16-12-26(2)25-19(15)16;6-5-8-2-4(1-7)3-9-5/h5-6,9-12H,3-4,7-8H2,1-2H3,(H,24,29);2-3H,1,7H2. The van der Waals surface area contributed by atoms with Crippen LogP contribution in [0.15, 0.2) is 49.2 Å². The lowest BCUT2D eigenvalue weighted by Crippen LogP contribution is -2.19. The molecular formula is C26H27ClFN9O. The molecule has 1 aliphatic rings. The zero-order valence-electron chi connectivity index (χ0n) is 21.0. The van der Waals surface area contributed by atoms with Gasteiger partial charge in [-0.05, 0) is 43.5 Å². The van der Waals surface area contributed by atoms with Crippen molar-refractivity contribution < 1.29 is 9.18 Å². The molecule has 0 spiro atoms. The number of nitrogens with two attached hydrogens (primary N) is 1. The summed E-state index contributed by atoms with van der Waals surface area (Å²) in [5.41, 5.74) is 9.69. The Kier molecular flexibility index (Phi) is 7.21. The van der Waals surface area contributed by atoms with Gasteiger partial charge in [0.15, 0.2) is 11.5 Å². The fourth-order valence-electron chi connectivity index (χ4n) is 4.51. The second-order valence-electron chi connectivity index (χ2n) is 9.10. The van der Waals surface area contributed by atoms with E-state index in [-0.39, 0.29) is 16.8 Å². The molecule has 0 unspecified atom stereocenters. The van der Waals surface area contributed by atoms with Gasteiger partial charge in [0.05, 0.1) is 16.9 Å². The summed E-state index contributed by atoms with van der Waals surface area (Å²) in [6.07, 6.45) is 10.9. The van der Waals surface area contributed by atoms with Gasteiger partial charge in [0.2, 0.25) is 5.28 Å². The molecule has 10 nitrogen and oxygen atoms in total. The Balaban J connectivity index is 0.000000278. The number of anilines is 2. The Morgan fingerprint density at radius 1 is 1.16 bits per heavy atom. The molecule has 6 rings (SSSR count). The minimum Gasteiger partial charge on any atom is -0.371 e.